The predicted octanol–water partition coefficient (Wildman–Crippen LogP) is 12.9. The first-order valence-electron chi connectivity index (χ1n) is 17.7. The zero-order valence-corrected chi connectivity index (χ0v) is 28.6. The Morgan fingerprint density at radius 3 is 1.49 bits per heavy atom. The van der Waals surface area contributed by atoms with Crippen molar-refractivity contribution in [2.24, 2.45) is 0 Å². The van der Waals surface area contributed by atoms with Crippen LogP contribution in [0, 0.1) is 0 Å². The Bertz CT molecular complexity index is 2810. The van der Waals surface area contributed by atoms with E-state index in [1.807, 2.05) is 6.07 Å². The molecule has 0 N–H and O–H groups in total. The number of nitrogens with zero attached hydrogens (tertiary/aromatic N) is 2. The lowest BCUT2D eigenvalue weighted by molar-refractivity contribution is 0.660. The van der Waals surface area contributed by atoms with Gasteiger partial charge in [-0.2, -0.15) is 0 Å². The highest BCUT2D eigenvalue weighted by Gasteiger charge is 2.35. The molecule has 51 heavy (non-hydrogen) atoms. The van der Waals surface area contributed by atoms with E-state index in [1.54, 1.807) is 0 Å². The molecule has 1 aliphatic rings. The van der Waals surface area contributed by atoms with E-state index in [-0.39, 0.29) is 5.41 Å². The maximum atomic E-state index is 5.19. The van der Waals surface area contributed by atoms with Gasteiger partial charge in [-0.25, -0.2) is 9.97 Å². The summed E-state index contributed by atoms with van der Waals surface area (Å²) in [6, 6.07) is 61.2. The molecular weight excluding hydrogens is 617 g/mol. The summed E-state index contributed by atoms with van der Waals surface area (Å²) >= 11 is 0. The van der Waals surface area contributed by atoms with Crippen LogP contribution in [0.15, 0.2) is 170 Å². The third-order valence-corrected chi connectivity index (χ3v) is 10.9. The molecule has 2 aromatic heterocycles. The first-order valence-corrected chi connectivity index (χ1v) is 17.7. The largest absolute Gasteiger partial charge is 0.245 e. The van der Waals surface area contributed by atoms with Crippen molar-refractivity contribution >= 4 is 32.6 Å². The van der Waals surface area contributed by atoms with Crippen molar-refractivity contribution in [3.8, 4) is 55.9 Å². The van der Waals surface area contributed by atoms with E-state index in [4.69, 9.17) is 9.97 Å². The number of hydrogen-bond donors (Lipinski definition) is 0. The van der Waals surface area contributed by atoms with Crippen molar-refractivity contribution in [3.05, 3.63) is 181 Å². The smallest absolute Gasteiger partial charge is 0.0972 e. The fraction of sp³-hybridized carbons (Fsp3) is 0.0612. The lowest BCUT2D eigenvalue weighted by Crippen LogP contribution is -2.14. The minimum atomic E-state index is -0.0337. The molecule has 10 rings (SSSR count). The monoisotopic (exact) mass is 650 g/mol. The van der Waals surface area contributed by atoms with Gasteiger partial charge in [-0.3, -0.25) is 0 Å². The minimum absolute atomic E-state index is 0.0337. The highest BCUT2D eigenvalue weighted by atomic mass is 14.8. The predicted molar refractivity (Wildman–Crippen MR) is 214 cm³/mol. The van der Waals surface area contributed by atoms with Crippen LogP contribution in [-0.2, 0) is 5.41 Å². The zero-order valence-electron chi connectivity index (χ0n) is 28.6. The molecule has 0 unspecified atom stereocenters. The fourth-order valence-corrected chi connectivity index (χ4v) is 8.19. The summed E-state index contributed by atoms with van der Waals surface area (Å²) in [7, 11) is 0. The molecule has 0 saturated heterocycles. The van der Waals surface area contributed by atoms with Crippen LogP contribution in [0.4, 0.5) is 0 Å². The quantitative estimate of drug-likeness (QED) is 0.177. The van der Waals surface area contributed by atoms with Crippen LogP contribution in [0.1, 0.15) is 25.0 Å². The fourth-order valence-electron chi connectivity index (χ4n) is 8.19. The zero-order chi connectivity index (χ0) is 34.1. The molecule has 9 aromatic rings. The standard InChI is InChI=1S/C49H34N2/c1-49(2)43-15-9-8-14-41(43)42-25-22-36(30-44(42)49)38-27-26-37(39-12-6-7-13-40(38)39)31-16-18-33(19-17-31)46-29-24-35-21-20-34-23-28-45(32-10-4-3-5-11-32)50-47(34)48(35)51-46/h3-30H,1-2H3. The van der Waals surface area contributed by atoms with Crippen LogP contribution in [-0.4, -0.2) is 9.97 Å². The summed E-state index contributed by atoms with van der Waals surface area (Å²) in [5.41, 5.74) is 16.3. The van der Waals surface area contributed by atoms with Crippen LogP contribution in [0.5, 0.6) is 0 Å². The Balaban J connectivity index is 1.02. The number of rotatable bonds is 4. The minimum Gasteiger partial charge on any atom is -0.245 e. The maximum absolute atomic E-state index is 5.19. The summed E-state index contributed by atoms with van der Waals surface area (Å²) in [5, 5.41) is 4.69. The Morgan fingerprint density at radius 1 is 0.353 bits per heavy atom. The molecule has 0 amide bonds. The summed E-state index contributed by atoms with van der Waals surface area (Å²) < 4.78 is 0. The first kappa shape index (κ1) is 29.5. The van der Waals surface area contributed by atoms with E-state index in [9.17, 15) is 0 Å². The Morgan fingerprint density at radius 2 is 0.824 bits per heavy atom. The van der Waals surface area contributed by atoms with Gasteiger partial charge in [-0.05, 0) is 73.5 Å². The number of benzene rings is 7. The summed E-state index contributed by atoms with van der Waals surface area (Å²) in [4.78, 5) is 10.3. The van der Waals surface area contributed by atoms with Gasteiger partial charge in [0.2, 0.25) is 0 Å². The molecule has 2 heteroatoms. The topological polar surface area (TPSA) is 25.8 Å². The van der Waals surface area contributed by atoms with Gasteiger partial charge in [0.1, 0.15) is 0 Å². The molecule has 0 bridgehead atoms. The lowest BCUT2D eigenvalue weighted by atomic mass is 9.81. The SMILES string of the molecule is CC1(C)c2ccccc2-c2ccc(-c3ccc(-c4ccc(-c5ccc6ccc7ccc(-c8ccccc8)nc7c6n5)cc4)c4ccccc34)cc21. The third kappa shape index (κ3) is 4.71. The normalized spacial score (nSPS) is 13.1. The van der Waals surface area contributed by atoms with Gasteiger partial charge in [0, 0.05) is 27.3 Å². The van der Waals surface area contributed by atoms with Crippen LogP contribution < -0.4 is 0 Å². The summed E-state index contributed by atoms with van der Waals surface area (Å²) in [6.07, 6.45) is 0. The molecule has 240 valence electrons. The Hall–Kier alpha value is -6.38. The van der Waals surface area contributed by atoms with Gasteiger partial charge < -0.3 is 0 Å². The highest BCUT2D eigenvalue weighted by molar-refractivity contribution is 6.06. The first-order chi connectivity index (χ1) is 25.0. The van der Waals surface area contributed by atoms with Gasteiger partial charge in [-0.15, -0.1) is 0 Å². The number of aromatic nitrogens is 2. The molecule has 0 saturated carbocycles. The van der Waals surface area contributed by atoms with E-state index in [2.05, 4.69) is 178 Å². The number of pyridine rings is 2. The molecule has 7 aromatic carbocycles. The number of hydrogen-bond acceptors (Lipinski definition) is 2. The summed E-state index contributed by atoms with van der Waals surface area (Å²) in [6.45, 7) is 4.70. The van der Waals surface area contributed by atoms with Gasteiger partial charge in [0.25, 0.3) is 0 Å². The average molecular weight is 651 g/mol. The number of fused-ring (bicyclic) bond motifs is 7. The molecule has 0 aliphatic heterocycles. The molecular formula is C49H34N2. The summed E-state index contributed by atoms with van der Waals surface area (Å²) in [5.74, 6) is 0. The van der Waals surface area contributed by atoms with Crippen LogP contribution in [0.2, 0.25) is 0 Å². The molecule has 0 spiro atoms. The molecule has 0 fully saturated rings. The van der Waals surface area contributed by atoms with Crippen molar-refractivity contribution in [3.63, 3.8) is 0 Å². The Labute approximate surface area is 297 Å². The van der Waals surface area contributed by atoms with Crippen molar-refractivity contribution in [1.29, 1.82) is 0 Å². The molecule has 2 heterocycles. The third-order valence-electron chi connectivity index (χ3n) is 10.9. The van der Waals surface area contributed by atoms with E-state index in [1.165, 1.54) is 55.3 Å². The second kappa shape index (κ2) is 11.3. The second-order valence-electron chi connectivity index (χ2n) is 14.2. The van der Waals surface area contributed by atoms with Crippen LogP contribution >= 0.6 is 0 Å². The Kier molecular flexibility index (Phi) is 6.56. The van der Waals surface area contributed by atoms with Gasteiger partial charge in [0.15, 0.2) is 0 Å². The second-order valence-corrected chi connectivity index (χ2v) is 14.2. The van der Waals surface area contributed by atoms with Gasteiger partial charge in [-0.1, -0.05) is 166 Å². The van der Waals surface area contributed by atoms with E-state index >= 15 is 0 Å². The maximum Gasteiger partial charge on any atom is 0.0972 e. The van der Waals surface area contributed by atoms with Gasteiger partial charge in [0.05, 0.1) is 22.4 Å². The van der Waals surface area contributed by atoms with Crippen molar-refractivity contribution in [1.82, 2.24) is 9.97 Å². The van der Waals surface area contributed by atoms with Crippen molar-refractivity contribution < 1.29 is 0 Å². The molecule has 0 radical (unpaired) electrons. The van der Waals surface area contributed by atoms with E-state index in [0.717, 1.165) is 44.3 Å². The van der Waals surface area contributed by atoms with Crippen LogP contribution in [0.3, 0.4) is 0 Å². The van der Waals surface area contributed by atoms with Crippen LogP contribution in [0.25, 0.3) is 88.5 Å². The average Bonchev–Trinajstić information content (AvgIpc) is 3.42. The molecule has 2 nitrogen and oxygen atoms in total. The molecule has 1 aliphatic carbocycles. The van der Waals surface area contributed by atoms with Crippen molar-refractivity contribution in [2.75, 3.05) is 0 Å². The highest BCUT2D eigenvalue weighted by Crippen LogP contribution is 2.50. The van der Waals surface area contributed by atoms with Gasteiger partial charge >= 0.3 is 0 Å². The molecule has 0 atom stereocenters. The van der Waals surface area contributed by atoms with E-state index < -0.39 is 0 Å². The lowest BCUT2D eigenvalue weighted by Gasteiger charge is -2.22. The van der Waals surface area contributed by atoms with Crippen molar-refractivity contribution in [2.45, 2.75) is 19.3 Å². The van der Waals surface area contributed by atoms with E-state index in [0.29, 0.717) is 0 Å².